The highest BCUT2D eigenvalue weighted by Gasteiger charge is 2.23. The Labute approximate surface area is 94.0 Å². The highest BCUT2D eigenvalue weighted by molar-refractivity contribution is 4.83. The van der Waals surface area contributed by atoms with Gasteiger partial charge in [0.2, 0.25) is 0 Å². The maximum absolute atomic E-state index is 6.20. The summed E-state index contributed by atoms with van der Waals surface area (Å²) >= 11 is 0. The van der Waals surface area contributed by atoms with Gasteiger partial charge in [0.1, 0.15) is 0 Å². The molecule has 1 fully saturated rings. The molecule has 1 rings (SSSR count). The Balaban J connectivity index is 2.31. The van der Waals surface area contributed by atoms with E-state index in [1.54, 1.807) is 0 Å². The molecule has 0 bridgehead atoms. The molecule has 2 unspecified atom stereocenters. The average molecular weight is 214 g/mol. The molecule has 3 nitrogen and oxygen atoms in total. The molecule has 2 atom stereocenters. The first-order valence-corrected chi connectivity index (χ1v) is 6.29. The van der Waals surface area contributed by atoms with Crippen molar-refractivity contribution in [2.75, 3.05) is 26.8 Å². The van der Waals surface area contributed by atoms with Crippen molar-refractivity contribution >= 4 is 0 Å². The van der Waals surface area contributed by atoms with Crippen LogP contribution < -0.4 is 5.73 Å². The van der Waals surface area contributed by atoms with Crippen LogP contribution >= 0.6 is 0 Å². The standard InChI is InChI=1S/C12H26N2O/c1-3-15-10-9-14(2)12-8-6-4-5-7-11(12)13/h11-12H,3-10,13H2,1-2H3. The van der Waals surface area contributed by atoms with Crippen LogP contribution in [0.4, 0.5) is 0 Å². The summed E-state index contributed by atoms with van der Waals surface area (Å²) in [6, 6.07) is 0.923. The molecule has 2 N–H and O–H groups in total. The van der Waals surface area contributed by atoms with Gasteiger partial charge in [-0.1, -0.05) is 19.3 Å². The van der Waals surface area contributed by atoms with Crippen LogP contribution in [-0.2, 0) is 4.74 Å². The molecule has 90 valence electrons. The molecule has 1 aliphatic carbocycles. The zero-order chi connectivity index (χ0) is 11.1. The summed E-state index contributed by atoms with van der Waals surface area (Å²) in [5.41, 5.74) is 6.20. The fourth-order valence-corrected chi connectivity index (χ4v) is 2.38. The monoisotopic (exact) mass is 214 g/mol. The van der Waals surface area contributed by atoms with Crippen LogP contribution in [0.25, 0.3) is 0 Å². The summed E-state index contributed by atoms with van der Waals surface area (Å²) in [7, 11) is 2.18. The van der Waals surface area contributed by atoms with E-state index in [-0.39, 0.29) is 0 Å². The lowest BCUT2D eigenvalue weighted by Crippen LogP contribution is -2.46. The van der Waals surface area contributed by atoms with E-state index in [0.717, 1.165) is 19.8 Å². The number of nitrogens with zero attached hydrogens (tertiary/aromatic N) is 1. The van der Waals surface area contributed by atoms with Crippen molar-refractivity contribution in [3.05, 3.63) is 0 Å². The predicted octanol–water partition coefficient (Wildman–Crippen LogP) is 1.61. The minimum atomic E-state index is 0.360. The third-order valence-electron chi connectivity index (χ3n) is 3.39. The van der Waals surface area contributed by atoms with Gasteiger partial charge in [0.25, 0.3) is 0 Å². The third kappa shape index (κ3) is 4.49. The van der Waals surface area contributed by atoms with Crippen molar-refractivity contribution in [1.82, 2.24) is 4.90 Å². The second-order valence-electron chi connectivity index (χ2n) is 4.55. The zero-order valence-electron chi connectivity index (χ0n) is 10.2. The maximum Gasteiger partial charge on any atom is 0.0593 e. The van der Waals surface area contributed by atoms with Crippen LogP contribution in [-0.4, -0.2) is 43.8 Å². The van der Waals surface area contributed by atoms with Crippen molar-refractivity contribution in [1.29, 1.82) is 0 Å². The Bertz CT molecular complexity index is 164. The molecule has 1 aliphatic rings. The summed E-state index contributed by atoms with van der Waals surface area (Å²) in [4.78, 5) is 2.38. The molecule has 15 heavy (non-hydrogen) atoms. The van der Waals surface area contributed by atoms with Gasteiger partial charge in [0.05, 0.1) is 6.61 Å². The maximum atomic E-state index is 6.20. The highest BCUT2D eigenvalue weighted by atomic mass is 16.5. The minimum Gasteiger partial charge on any atom is -0.380 e. The van der Waals surface area contributed by atoms with Gasteiger partial charge in [-0.25, -0.2) is 0 Å². The largest absolute Gasteiger partial charge is 0.380 e. The van der Waals surface area contributed by atoms with Gasteiger partial charge in [-0.3, -0.25) is 4.90 Å². The van der Waals surface area contributed by atoms with E-state index in [9.17, 15) is 0 Å². The molecule has 0 aromatic heterocycles. The minimum absolute atomic E-state index is 0.360. The highest BCUT2D eigenvalue weighted by Crippen LogP contribution is 2.20. The summed E-state index contributed by atoms with van der Waals surface area (Å²) in [5.74, 6) is 0. The topological polar surface area (TPSA) is 38.5 Å². The molecule has 1 saturated carbocycles. The molecule has 0 heterocycles. The summed E-state index contributed by atoms with van der Waals surface area (Å²) in [5, 5.41) is 0. The summed E-state index contributed by atoms with van der Waals surface area (Å²) < 4.78 is 5.38. The second-order valence-corrected chi connectivity index (χ2v) is 4.55. The van der Waals surface area contributed by atoms with Crippen molar-refractivity contribution in [2.45, 2.75) is 51.1 Å². The van der Waals surface area contributed by atoms with Crippen LogP contribution in [0.3, 0.4) is 0 Å². The van der Waals surface area contributed by atoms with Gasteiger partial charge in [0.15, 0.2) is 0 Å². The number of nitrogens with two attached hydrogens (primary N) is 1. The summed E-state index contributed by atoms with van der Waals surface area (Å²) in [6.07, 6.45) is 6.42. The Hall–Kier alpha value is -0.120. The molecular weight excluding hydrogens is 188 g/mol. The van der Waals surface area contributed by atoms with E-state index in [4.69, 9.17) is 10.5 Å². The molecule has 3 heteroatoms. The average Bonchev–Trinajstić information content (AvgIpc) is 2.43. The lowest BCUT2D eigenvalue weighted by molar-refractivity contribution is 0.0990. The first-order valence-electron chi connectivity index (χ1n) is 6.29. The van der Waals surface area contributed by atoms with Gasteiger partial charge in [-0.15, -0.1) is 0 Å². The number of rotatable bonds is 5. The Kier molecular flexibility index (Phi) is 6.22. The molecule has 0 spiro atoms. The first kappa shape index (κ1) is 12.9. The Morgan fingerprint density at radius 3 is 2.73 bits per heavy atom. The fourth-order valence-electron chi connectivity index (χ4n) is 2.38. The Morgan fingerprint density at radius 2 is 2.00 bits per heavy atom. The van der Waals surface area contributed by atoms with E-state index in [1.165, 1.54) is 32.1 Å². The molecule has 0 amide bonds. The quantitative estimate of drug-likeness (QED) is 0.558. The van der Waals surface area contributed by atoms with E-state index in [1.807, 2.05) is 6.92 Å². The van der Waals surface area contributed by atoms with Crippen LogP contribution in [0.1, 0.15) is 39.0 Å². The number of hydrogen-bond donors (Lipinski definition) is 1. The van der Waals surface area contributed by atoms with Gasteiger partial charge < -0.3 is 10.5 Å². The molecule has 0 aromatic rings. The normalized spacial score (nSPS) is 28.0. The predicted molar refractivity (Wildman–Crippen MR) is 64.0 cm³/mol. The van der Waals surface area contributed by atoms with Gasteiger partial charge >= 0.3 is 0 Å². The lowest BCUT2D eigenvalue weighted by atomic mass is 10.0. The van der Waals surface area contributed by atoms with E-state index < -0.39 is 0 Å². The van der Waals surface area contributed by atoms with Crippen molar-refractivity contribution in [3.8, 4) is 0 Å². The van der Waals surface area contributed by atoms with Crippen molar-refractivity contribution in [3.63, 3.8) is 0 Å². The SMILES string of the molecule is CCOCCN(C)C1CCCCCC1N. The first-order chi connectivity index (χ1) is 7.25. The molecule has 0 radical (unpaired) electrons. The van der Waals surface area contributed by atoms with Crippen molar-refractivity contribution < 1.29 is 4.74 Å². The van der Waals surface area contributed by atoms with Gasteiger partial charge in [-0.05, 0) is 26.8 Å². The van der Waals surface area contributed by atoms with Crippen molar-refractivity contribution in [2.24, 2.45) is 5.73 Å². The number of likely N-dealkylation sites (N-methyl/N-ethyl adjacent to an activating group) is 1. The molecule has 0 aliphatic heterocycles. The van der Waals surface area contributed by atoms with E-state index >= 15 is 0 Å². The lowest BCUT2D eigenvalue weighted by Gasteiger charge is -2.31. The van der Waals surface area contributed by atoms with Gasteiger partial charge in [0, 0.05) is 25.2 Å². The van der Waals surface area contributed by atoms with Crippen LogP contribution in [0.5, 0.6) is 0 Å². The second kappa shape index (κ2) is 7.20. The van der Waals surface area contributed by atoms with Gasteiger partial charge in [-0.2, -0.15) is 0 Å². The van der Waals surface area contributed by atoms with Crippen LogP contribution in [0.15, 0.2) is 0 Å². The fraction of sp³-hybridized carbons (Fsp3) is 1.00. The molecule has 0 saturated heterocycles. The zero-order valence-corrected chi connectivity index (χ0v) is 10.2. The number of hydrogen-bond acceptors (Lipinski definition) is 3. The Morgan fingerprint density at radius 1 is 1.27 bits per heavy atom. The number of ether oxygens (including phenoxy) is 1. The summed E-state index contributed by atoms with van der Waals surface area (Å²) in [6.45, 7) is 4.68. The molecular formula is C12H26N2O. The van der Waals surface area contributed by atoms with Crippen LogP contribution in [0, 0.1) is 0 Å². The molecule has 0 aromatic carbocycles. The van der Waals surface area contributed by atoms with E-state index in [2.05, 4.69) is 11.9 Å². The smallest absolute Gasteiger partial charge is 0.0593 e. The van der Waals surface area contributed by atoms with Crippen LogP contribution in [0.2, 0.25) is 0 Å². The third-order valence-corrected chi connectivity index (χ3v) is 3.39. The van der Waals surface area contributed by atoms with E-state index in [0.29, 0.717) is 12.1 Å².